The van der Waals surface area contributed by atoms with E-state index in [0.29, 0.717) is 0 Å². The van der Waals surface area contributed by atoms with Crippen molar-refractivity contribution in [3.63, 3.8) is 0 Å². The van der Waals surface area contributed by atoms with Crippen LogP contribution in [-0.2, 0) is 6.54 Å². The molecule has 1 N–H and O–H groups in total. The molecule has 17 heavy (non-hydrogen) atoms. The van der Waals surface area contributed by atoms with Crippen LogP contribution in [0, 0.1) is 13.8 Å². The largest absolute Gasteiger partial charge is 0.313 e. The van der Waals surface area contributed by atoms with Crippen molar-refractivity contribution in [2.45, 2.75) is 39.3 Å². The number of benzene rings is 1. The van der Waals surface area contributed by atoms with Crippen LogP contribution in [0.2, 0.25) is 0 Å². The second kappa shape index (κ2) is 5.65. The highest BCUT2D eigenvalue weighted by atomic mass is 15.1. The summed E-state index contributed by atoms with van der Waals surface area (Å²) < 4.78 is 0. The van der Waals surface area contributed by atoms with E-state index in [9.17, 15) is 0 Å². The van der Waals surface area contributed by atoms with Gasteiger partial charge in [0.05, 0.1) is 0 Å². The number of hydrogen-bond acceptors (Lipinski definition) is 2. The van der Waals surface area contributed by atoms with Gasteiger partial charge in [-0.1, -0.05) is 18.2 Å². The summed E-state index contributed by atoms with van der Waals surface area (Å²) >= 11 is 0. The normalized spacial score (nSPS) is 15.5. The number of likely N-dealkylation sites (N-methyl/N-ethyl adjacent to an activating group) is 1. The lowest BCUT2D eigenvalue weighted by Gasteiger charge is -2.17. The molecule has 1 fully saturated rings. The monoisotopic (exact) mass is 232 g/mol. The van der Waals surface area contributed by atoms with Crippen LogP contribution in [0.4, 0.5) is 0 Å². The maximum absolute atomic E-state index is 3.55. The minimum atomic E-state index is 0.824. The third-order valence-electron chi connectivity index (χ3n) is 3.53. The minimum absolute atomic E-state index is 0.824. The average molecular weight is 232 g/mol. The van der Waals surface area contributed by atoms with Gasteiger partial charge < -0.3 is 10.2 Å². The molecule has 1 aliphatic rings. The molecule has 0 spiro atoms. The SMILES string of the molecule is Cc1ccc(CN(C)CCNC2CC2)cc1C. The van der Waals surface area contributed by atoms with Crippen LogP contribution >= 0.6 is 0 Å². The summed E-state index contributed by atoms with van der Waals surface area (Å²) in [6.45, 7) is 7.65. The van der Waals surface area contributed by atoms with Crippen molar-refractivity contribution < 1.29 is 0 Å². The van der Waals surface area contributed by atoms with Crippen LogP contribution in [0.15, 0.2) is 18.2 Å². The Morgan fingerprint density at radius 3 is 2.65 bits per heavy atom. The van der Waals surface area contributed by atoms with E-state index in [2.05, 4.69) is 49.3 Å². The Kier molecular flexibility index (Phi) is 4.19. The van der Waals surface area contributed by atoms with E-state index in [0.717, 1.165) is 25.7 Å². The number of aryl methyl sites for hydroxylation is 2. The minimum Gasteiger partial charge on any atom is -0.313 e. The van der Waals surface area contributed by atoms with Gasteiger partial charge in [-0.3, -0.25) is 0 Å². The standard InChI is InChI=1S/C15H24N2/c1-12-4-5-14(10-13(12)2)11-17(3)9-8-16-15-6-7-15/h4-5,10,15-16H,6-9,11H2,1-3H3. The molecule has 2 nitrogen and oxygen atoms in total. The first-order valence-corrected chi connectivity index (χ1v) is 6.63. The fourth-order valence-electron chi connectivity index (χ4n) is 2.04. The number of nitrogens with zero attached hydrogens (tertiary/aromatic N) is 1. The fourth-order valence-corrected chi connectivity index (χ4v) is 2.04. The zero-order chi connectivity index (χ0) is 12.3. The molecule has 0 saturated heterocycles. The van der Waals surface area contributed by atoms with Crippen molar-refractivity contribution in [2.75, 3.05) is 20.1 Å². The van der Waals surface area contributed by atoms with Crippen LogP contribution in [0.5, 0.6) is 0 Å². The Bertz CT molecular complexity index is 369. The topological polar surface area (TPSA) is 15.3 Å². The van der Waals surface area contributed by atoms with Crippen molar-refractivity contribution in [3.05, 3.63) is 34.9 Å². The molecule has 0 bridgehead atoms. The quantitative estimate of drug-likeness (QED) is 0.810. The van der Waals surface area contributed by atoms with Crippen molar-refractivity contribution in [3.8, 4) is 0 Å². The highest BCUT2D eigenvalue weighted by molar-refractivity contribution is 5.29. The van der Waals surface area contributed by atoms with E-state index in [-0.39, 0.29) is 0 Å². The third-order valence-corrected chi connectivity index (χ3v) is 3.53. The molecule has 0 aromatic heterocycles. The summed E-state index contributed by atoms with van der Waals surface area (Å²) in [7, 11) is 2.20. The molecule has 0 aliphatic heterocycles. The Balaban J connectivity index is 1.75. The van der Waals surface area contributed by atoms with Crippen LogP contribution in [0.25, 0.3) is 0 Å². The van der Waals surface area contributed by atoms with Gasteiger partial charge >= 0.3 is 0 Å². The smallest absolute Gasteiger partial charge is 0.0231 e. The van der Waals surface area contributed by atoms with Gasteiger partial charge in [0.2, 0.25) is 0 Å². The Hall–Kier alpha value is -0.860. The molecular formula is C15H24N2. The fraction of sp³-hybridized carbons (Fsp3) is 0.600. The third kappa shape index (κ3) is 4.14. The molecule has 1 aromatic rings. The van der Waals surface area contributed by atoms with E-state index in [1.165, 1.54) is 29.5 Å². The Morgan fingerprint density at radius 1 is 1.24 bits per heavy atom. The van der Waals surface area contributed by atoms with Crippen LogP contribution < -0.4 is 5.32 Å². The number of nitrogens with one attached hydrogen (secondary N) is 1. The molecule has 0 unspecified atom stereocenters. The van der Waals surface area contributed by atoms with Gasteiger partial charge in [0, 0.05) is 25.7 Å². The zero-order valence-electron chi connectivity index (χ0n) is 11.3. The van der Waals surface area contributed by atoms with E-state index >= 15 is 0 Å². The van der Waals surface area contributed by atoms with Gasteiger partial charge in [0.1, 0.15) is 0 Å². The van der Waals surface area contributed by atoms with Gasteiger partial charge in [0.15, 0.2) is 0 Å². The van der Waals surface area contributed by atoms with Gasteiger partial charge in [0.25, 0.3) is 0 Å². The number of hydrogen-bond donors (Lipinski definition) is 1. The van der Waals surface area contributed by atoms with Gasteiger partial charge in [-0.05, 0) is 50.4 Å². The molecule has 0 radical (unpaired) electrons. The lowest BCUT2D eigenvalue weighted by Crippen LogP contribution is -2.30. The predicted molar refractivity (Wildman–Crippen MR) is 73.3 cm³/mol. The van der Waals surface area contributed by atoms with Crippen LogP contribution in [0.1, 0.15) is 29.5 Å². The van der Waals surface area contributed by atoms with Crippen LogP contribution in [0.3, 0.4) is 0 Å². The molecule has 1 aliphatic carbocycles. The molecule has 0 amide bonds. The maximum Gasteiger partial charge on any atom is 0.0231 e. The highest BCUT2D eigenvalue weighted by Crippen LogP contribution is 2.18. The van der Waals surface area contributed by atoms with Gasteiger partial charge in [-0.25, -0.2) is 0 Å². The lowest BCUT2D eigenvalue weighted by atomic mass is 10.1. The van der Waals surface area contributed by atoms with E-state index < -0.39 is 0 Å². The number of rotatable bonds is 6. The predicted octanol–water partition coefficient (Wildman–Crippen LogP) is 2.49. The summed E-state index contributed by atoms with van der Waals surface area (Å²) in [6.07, 6.45) is 2.75. The van der Waals surface area contributed by atoms with E-state index in [1.54, 1.807) is 0 Å². The molecule has 2 heteroatoms. The Labute approximate surface area is 105 Å². The van der Waals surface area contributed by atoms with E-state index in [4.69, 9.17) is 0 Å². The molecule has 0 heterocycles. The summed E-state index contributed by atoms with van der Waals surface area (Å²) in [5.74, 6) is 0. The molecule has 0 atom stereocenters. The summed E-state index contributed by atoms with van der Waals surface area (Å²) in [6, 6.07) is 7.60. The average Bonchev–Trinajstić information content (AvgIpc) is 3.07. The van der Waals surface area contributed by atoms with Gasteiger partial charge in [-0.15, -0.1) is 0 Å². The Morgan fingerprint density at radius 2 is 2.00 bits per heavy atom. The highest BCUT2D eigenvalue weighted by Gasteiger charge is 2.19. The summed E-state index contributed by atoms with van der Waals surface area (Å²) in [5, 5.41) is 3.55. The first kappa shape index (κ1) is 12.6. The van der Waals surface area contributed by atoms with E-state index in [1.807, 2.05) is 0 Å². The van der Waals surface area contributed by atoms with Crippen molar-refractivity contribution in [1.82, 2.24) is 10.2 Å². The maximum atomic E-state index is 3.55. The zero-order valence-corrected chi connectivity index (χ0v) is 11.3. The molecule has 1 saturated carbocycles. The van der Waals surface area contributed by atoms with Gasteiger partial charge in [-0.2, -0.15) is 0 Å². The molecule has 2 rings (SSSR count). The van der Waals surface area contributed by atoms with Crippen molar-refractivity contribution >= 4 is 0 Å². The molecular weight excluding hydrogens is 208 g/mol. The summed E-state index contributed by atoms with van der Waals surface area (Å²) in [4.78, 5) is 2.39. The lowest BCUT2D eigenvalue weighted by molar-refractivity contribution is 0.324. The molecule has 1 aromatic carbocycles. The second-order valence-corrected chi connectivity index (χ2v) is 5.38. The van der Waals surface area contributed by atoms with Crippen LogP contribution in [-0.4, -0.2) is 31.1 Å². The first-order chi connectivity index (χ1) is 8.15. The first-order valence-electron chi connectivity index (χ1n) is 6.63. The molecule has 94 valence electrons. The van der Waals surface area contributed by atoms with Crippen molar-refractivity contribution in [1.29, 1.82) is 0 Å². The van der Waals surface area contributed by atoms with Crippen molar-refractivity contribution in [2.24, 2.45) is 0 Å². The second-order valence-electron chi connectivity index (χ2n) is 5.38. The summed E-state index contributed by atoms with van der Waals surface area (Å²) in [5.41, 5.74) is 4.20.